The quantitative estimate of drug-likeness (QED) is 0.920. The van der Waals surface area contributed by atoms with Crippen LogP contribution in [0.1, 0.15) is 10.4 Å². The SMILES string of the molecule is O=C(O)c1cccnc1Sc1ccc(Cl)nn1. The van der Waals surface area contributed by atoms with Crippen LogP contribution in [0, 0.1) is 0 Å². The summed E-state index contributed by atoms with van der Waals surface area (Å²) in [5.74, 6) is -1.03. The second-order valence-electron chi connectivity index (χ2n) is 2.96. The normalized spacial score (nSPS) is 10.2. The highest BCUT2D eigenvalue weighted by Crippen LogP contribution is 2.26. The summed E-state index contributed by atoms with van der Waals surface area (Å²) in [7, 11) is 0. The van der Waals surface area contributed by atoms with Gasteiger partial charge in [-0.05, 0) is 36.0 Å². The summed E-state index contributed by atoms with van der Waals surface area (Å²) >= 11 is 6.73. The monoisotopic (exact) mass is 267 g/mol. The number of hydrogen-bond donors (Lipinski definition) is 1. The van der Waals surface area contributed by atoms with Crippen molar-refractivity contribution in [3.8, 4) is 0 Å². The van der Waals surface area contributed by atoms with Crippen molar-refractivity contribution in [2.24, 2.45) is 0 Å². The number of rotatable bonds is 3. The Balaban J connectivity index is 2.30. The van der Waals surface area contributed by atoms with Gasteiger partial charge >= 0.3 is 5.97 Å². The van der Waals surface area contributed by atoms with Crippen LogP contribution in [0.2, 0.25) is 5.15 Å². The average molecular weight is 268 g/mol. The van der Waals surface area contributed by atoms with E-state index in [1.807, 2.05) is 0 Å². The van der Waals surface area contributed by atoms with E-state index in [1.165, 1.54) is 12.3 Å². The summed E-state index contributed by atoms with van der Waals surface area (Å²) in [6.07, 6.45) is 1.53. The van der Waals surface area contributed by atoms with Crippen molar-refractivity contribution < 1.29 is 9.90 Å². The van der Waals surface area contributed by atoms with Gasteiger partial charge in [0.25, 0.3) is 0 Å². The first-order valence-corrected chi connectivity index (χ1v) is 5.71. The lowest BCUT2D eigenvalue weighted by Gasteiger charge is -2.02. The number of hydrogen-bond acceptors (Lipinski definition) is 5. The minimum absolute atomic E-state index is 0.134. The third kappa shape index (κ3) is 2.92. The summed E-state index contributed by atoms with van der Waals surface area (Å²) in [5.41, 5.74) is 0.134. The predicted octanol–water partition coefficient (Wildman–Crippen LogP) is 2.37. The van der Waals surface area contributed by atoms with Gasteiger partial charge in [-0.2, -0.15) is 0 Å². The summed E-state index contributed by atoms with van der Waals surface area (Å²) < 4.78 is 0. The lowest BCUT2D eigenvalue weighted by molar-refractivity contribution is 0.0692. The standard InChI is InChI=1S/C10H6ClN3O2S/c11-7-3-4-8(14-13-7)17-9-6(10(15)16)2-1-5-12-9/h1-5H,(H,15,16). The molecule has 0 aliphatic rings. The van der Waals surface area contributed by atoms with E-state index in [0.717, 1.165) is 11.8 Å². The van der Waals surface area contributed by atoms with E-state index >= 15 is 0 Å². The molecular formula is C10H6ClN3O2S. The number of nitrogens with zero attached hydrogens (tertiary/aromatic N) is 3. The molecule has 0 aliphatic heterocycles. The van der Waals surface area contributed by atoms with E-state index in [9.17, 15) is 4.79 Å². The second-order valence-corrected chi connectivity index (χ2v) is 4.35. The van der Waals surface area contributed by atoms with Gasteiger partial charge in [-0.25, -0.2) is 9.78 Å². The zero-order valence-electron chi connectivity index (χ0n) is 8.37. The minimum atomic E-state index is -1.03. The van der Waals surface area contributed by atoms with E-state index in [2.05, 4.69) is 15.2 Å². The van der Waals surface area contributed by atoms with Gasteiger partial charge in [0, 0.05) is 6.20 Å². The molecule has 0 atom stereocenters. The molecule has 0 aromatic carbocycles. The molecular weight excluding hydrogens is 262 g/mol. The number of pyridine rings is 1. The van der Waals surface area contributed by atoms with Crippen molar-refractivity contribution in [3.05, 3.63) is 41.2 Å². The van der Waals surface area contributed by atoms with Gasteiger partial charge in [-0.1, -0.05) is 11.6 Å². The molecule has 2 aromatic heterocycles. The highest BCUT2D eigenvalue weighted by molar-refractivity contribution is 7.99. The van der Waals surface area contributed by atoms with Crippen LogP contribution in [0.5, 0.6) is 0 Å². The maximum absolute atomic E-state index is 11.0. The second kappa shape index (κ2) is 5.11. The van der Waals surface area contributed by atoms with Crippen LogP contribution in [0.3, 0.4) is 0 Å². The van der Waals surface area contributed by atoms with Gasteiger partial charge < -0.3 is 5.11 Å². The number of aromatic carboxylic acids is 1. The van der Waals surface area contributed by atoms with Crippen LogP contribution in [0.4, 0.5) is 0 Å². The van der Waals surface area contributed by atoms with Crippen molar-refractivity contribution in [1.82, 2.24) is 15.2 Å². The Kier molecular flexibility index (Phi) is 3.55. The Morgan fingerprint density at radius 3 is 2.76 bits per heavy atom. The Morgan fingerprint density at radius 2 is 2.12 bits per heavy atom. The van der Waals surface area contributed by atoms with Gasteiger partial charge in [-0.15, -0.1) is 10.2 Å². The van der Waals surface area contributed by atoms with Gasteiger partial charge in [0.2, 0.25) is 0 Å². The lowest BCUT2D eigenvalue weighted by atomic mass is 10.3. The first kappa shape index (κ1) is 11.8. The molecule has 0 bridgehead atoms. The largest absolute Gasteiger partial charge is 0.478 e. The number of carboxylic acid groups (broad SMARTS) is 1. The van der Waals surface area contributed by atoms with Gasteiger partial charge in [0.1, 0.15) is 10.1 Å². The molecule has 2 heterocycles. The van der Waals surface area contributed by atoms with E-state index in [0.29, 0.717) is 10.1 Å². The van der Waals surface area contributed by atoms with Gasteiger partial charge in [-0.3, -0.25) is 0 Å². The fraction of sp³-hybridized carbons (Fsp3) is 0. The number of aromatic nitrogens is 3. The van der Waals surface area contributed by atoms with E-state index in [-0.39, 0.29) is 10.7 Å². The number of carboxylic acids is 1. The molecule has 0 saturated heterocycles. The zero-order chi connectivity index (χ0) is 12.3. The highest BCUT2D eigenvalue weighted by Gasteiger charge is 2.12. The van der Waals surface area contributed by atoms with Crippen LogP contribution in [-0.2, 0) is 0 Å². The summed E-state index contributed by atoms with van der Waals surface area (Å²) in [4.78, 5) is 15.0. The fourth-order valence-electron chi connectivity index (χ4n) is 1.09. The molecule has 0 unspecified atom stereocenters. The summed E-state index contributed by atoms with van der Waals surface area (Å²) in [5, 5.41) is 17.7. The molecule has 1 N–H and O–H groups in total. The first-order valence-electron chi connectivity index (χ1n) is 4.52. The Labute approximate surface area is 106 Å². The third-order valence-corrected chi connectivity index (χ3v) is 2.96. The highest BCUT2D eigenvalue weighted by atomic mass is 35.5. The third-order valence-electron chi connectivity index (χ3n) is 1.81. The summed E-state index contributed by atoms with van der Waals surface area (Å²) in [6, 6.07) is 6.29. The maximum atomic E-state index is 11.0. The van der Waals surface area contributed by atoms with Crippen LogP contribution >= 0.6 is 23.4 Å². The van der Waals surface area contributed by atoms with Gasteiger partial charge in [0.05, 0.1) is 5.56 Å². The van der Waals surface area contributed by atoms with Crippen molar-refractivity contribution in [3.63, 3.8) is 0 Å². The molecule has 0 saturated carbocycles. The van der Waals surface area contributed by atoms with E-state index in [4.69, 9.17) is 16.7 Å². The topological polar surface area (TPSA) is 76.0 Å². The zero-order valence-corrected chi connectivity index (χ0v) is 9.94. The number of halogens is 1. The van der Waals surface area contributed by atoms with Crippen LogP contribution < -0.4 is 0 Å². The molecule has 0 spiro atoms. The molecule has 0 aliphatic carbocycles. The molecule has 86 valence electrons. The Hall–Kier alpha value is -1.66. The van der Waals surface area contributed by atoms with E-state index in [1.54, 1.807) is 18.2 Å². The minimum Gasteiger partial charge on any atom is -0.478 e. The van der Waals surface area contributed by atoms with Crippen molar-refractivity contribution in [1.29, 1.82) is 0 Å². The molecule has 2 rings (SSSR count). The molecule has 0 amide bonds. The molecule has 0 fully saturated rings. The van der Waals surface area contributed by atoms with Crippen molar-refractivity contribution >= 4 is 29.3 Å². The molecule has 0 radical (unpaired) electrons. The van der Waals surface area contributed by atoms with Gasteiger partial charge in [0.15, 0.2) is 5.15 Å². The Morgan fingerprint density at radius 1 is 1.29 bits per heavy atom. The lowest BCUT2D eigenvalue weighted by Crippen LogP contribution is -2.00. The van der Waals surface area contributed by atoms with Crippen LogP contribution in [-0.4, -0.2) is 26.3 Å². The van der Waals surface area contributed by atoms with E-state index < -0.39 is 5.97 Å². The fourth-order valence-corrected chi connectivity index (χ4v) is 1.99. The first-order chi connectivity index (χ1) is 8.16. The van der Waals surface area contributed by atoms with Crippen molar-refractivity contribution in [2.75, 3.05) is 0 Å². The Bertz CT molecular complexity index is 548. The molecule has 7 heteroatoms. The molecule has 2 aromatic rings. The number of carbonyl (C=O) groups is 1. The predicted molar refractivity (Wildman–Crippen MR) is 62.4 cm³/mol. The summed E-state index contributed by atoms with van der Waals surface area (Å²) in [6.45, 7) is 0. The molecule has 5 nitrogen and oxygen atoms in total. The van der Waals surface area contributed by atoms with Crippen LogP contribution in [0.25, 0.3) is 0 Å². The van der Waals surface area contributed by atoms with Crippen molar-refractivity contribution in [2.45, 2.75) is 10.1 Å². The molecule has 17 heavy (non-hydrogen) atoms. The maximum Gasteiger partial charge on any atom is 0.338 e. The smallest absolute Gasteiger partial charge is 0.338 e. The van der Waals surface area contributed by atoms with Crippen LogP contribution in [0.15, 0.2) is 40.5 Å². The average Bonchev–Trinajstić information content (AvgIpc) is 2.32.